The standard InChI is InChI=1S/C27H34N6O5S2/c1-27(2,3)38-25(35)22(32-40(36,37)23-8-5-16-39-23)17-30-24(34)19-9-11-21(12-10-19)33-15-4-7-20(18-33)31-26-28-13-6-14-29-26/h5-6,8-14,16,20,22,32H,4,7,15,17-18H2,1-3H3,(H,30,34)(H,28,29,31)/t20-,22-/m0/s1. The fourth-order valence-electron chi connectivity index (χ4n) is 4.21. The lowest BCUT2D eigenvalue weighted by atomic mass is 10.0. The van der Waals surface area contributed by atoms with E-state index in [1.54, 1.807) is 62.8 Å². The third kappa shape index (κ3) is 8.23. The molecule has 0 spiro atoms. The highest BCUT2D eigenvalue weighted by molar-refractivity contribution is 7.91. The Kier molecular flexibility index (Phi) is 9.38. The number of nitrogens with zero attached hydrogens (tertiary/aromatic N) is 3. The number of hydrogen-bond acceptors (Lipinski definition) is 10. The van der Waals surface area contributed by atoms with Gasteiger partial charge in [-0.15, -0.1) is 11.3 Å². The first-order valence-corrected chi connectivity index (χ1v) is 15.3. The van der Waals surface area contributed by atoms with Crippen molar-refractivity contribution in [2.24, 2.45) is 0 Å². The monoisotopic (exact) mass is 586 g/mol. The highest BCUT2D eigenvalue weighted by Gasteiger charge is 2.31. The molecule has 1 amide bonds. The summed E-state index contributed by atoms with van der Waals surface area (Å²) in [6, 6.07) is 10.9. The number of aromatic nitrogens is 2. The number of carbonyl (C=O) groups is 2. The maximum absolute atomic E-state index is 12.9. The minimum atomic E-state index is -3.97. The highest BCUT2D eigenvalue weighted by atomic mass is 32.2. The molecule has 40 heavy (non-hydrogen) atoms. The molecule has 0 bridgehead atoms. The Morgan fingerprint density at radius 3 is 2.50 bits per heavy atom. The summed E-state index contributed by atoms with van der Waals surface area (Å²) in [5.41, 5.74) is 0.533. The lowest BCUT2D eigenvalue weighted by Crippen LogP contribution is -2.50. The number of amides is 1. The number of thiophene rings is 1. The van der Waals surface area contributed by atoms with Crippen molar-refractivity contribution >= 4 is 44.9 Å². The molecule has 2 aromatic heterocycles. The van der Waals surface area contributed by atoms with Crippen molar-refractivity contribution in [3.63, 3.8) is 0 Å². The fourth-order valence-corrected chi connectivity index (χ4v) is 6.41. The summed E-state index contributed by atoms with van der Waals surface area (Å²) in [7, 11) is -3.97. The molecule has 214 valence electrons. The Labute approximate surface area is 238 Å². The summed E-state index contributed by atoms with van der Waals surface area (Å²) in [4.78, 5) is 36.4. The van der Waals surface area contributed by atoms with Gasteiger partial charge in [0, 0.05) is 49.3 Å². The predicted molar refractivity (Wildman–Crippen MR) is 154 cm³/mol. The molecule has 0 radical (unpaired) electrons. The van der Waals surface area contributed by atoms with Crippen LogP contribution < -0.4 is 20.3 Å². The number of anilines is 2. The van der Waals surface area contributed by atoms with E-state index in [2.05, 4.69) is 30.2 Å². The van der Waals surface area contributed by atoms with Crippen molar-refractivity contribution in [1.29, 1.82) is 0 Å². The Balaban J connectivity index is 1.37. The molecule has 1 aliphatic heterocycles. The Morgan fingerprint density at radius 2 is 1.85 bits per heavy atom. The summed E-state index contributed by atoms with van der Waals surface area (Å²) in [6.45, 7) is 6.44. The van der Waals surface area contributed by atoms with Crippen molar-refractivity contribution in [3.05, 3.63) is 65.8 Å². The summed E-state index contributed by atoms with van der Waals surface area (Å²) >= 11 is 1.03. The zero-order valence-corrected chi connectivity index (χ0v) is 24.3. The molecule has 0 aliphatic carbocycles. The largest absolute Gasteiger partial charge is 0.459 e. The zero-order chi connectivity index (χ0) is 28.8. The van der Waals surface area contributed by atoms with Crippen LogP contribution in [0.5, 0.6) is 0 Å². The van der Waals surface area contributed by atoms with Gasteiger partial charge in [0.25, 0.3) is 15.9 Å². The number of hydrogen-bond donors (Lipinski definition) is 3. The molecule has 1 aromatic carbocycles. The third-order valence-corrected chi connectivity index (χ3v) is 8.90. The third-order valence-electron chi connectivity index (χ3n) is 6.03. The average molecular weight is 587 g/mol. The lowest BCUT2D eigenvalue weighted by Gasteiger charge is -2.34. The molecule has 1 aliphatic rings. The molecule has 4 rings (SSSR count). The molecule has 11 nitrogen and oxygen atoms in total. The molecule has 0 unspecified atom stereocenters. The Bertz CT molecular complexity index is 1380. The first kappa shape index (κ1) is 29.4. The first-order chi connectivity index (χ1) is 19.0. The number of nitrogens with one attached hydrogen (secondary N) is 3. The van der Waals surface area contributed by atoms with Crippen LogP contribution in [0.2, 0.25) is 0 Å². The number of sulfonamides is 1. The van der Waals surface area contributed by atoms with Crippen molar-refractivity contribution in [2.75, 3.05) is 29.9 Å². The minimum Gasteiger partial charge on any atom is -0.459 e. The van der Waals surface area contributed by atoms with E-state index in [-0.39, 0.29) is 16.8 Å². The highest BCUT2D eigenvalue weighted by Crippen LogP contribution is 2.22. The Hall–Kier alpha value is -3.55. The van der Waals surface area contributed by atoms with Crippen LogP contribution in [0.4, 0.5) is 11.6 Å². The van der Waals surface area contributed by atoms with Crippen LogP contribution in [0.25, 0.3) is 0 Å². The molecule has 1 fully saturated rings. The molecule has 3 aromatic rings. The second-order valence-electron chi connectivity index (χ2n) is 10.4. The second kappa shape index (κ2) is 12.7. The summed E-state index contributed by atoms with van der Waals surface area (Å²) in [5, 5.41) is 7.66. The van der Waals surface area contributed by atoms with E-state index in [4.69, 9.17) is 4.74 Å². The van der Waals surface area contributed by atoms with E-state index in [0.29, 0.717) is 11.5 Å². The molecule has 0 saturated carbocycles. The second-order valence-corrected chi connectivity index (χ2v) is 13.3. The number of ether oxygens (including phenoxy) is 1. The smallest absolute Gasteiger partial charge is 0.326 e. The normalized spacial score (nSPS) is 16.7. The topological polar surface area (TPSA) is 143 Å². The van der Waals surface area contributed by atoms with Gasteiger partial charge in [0.1, 0.15) is 15.9 Å². The molecule has 3 heterocycles. The van der Waals surface area contributed by atoms with E-state index < -0.39 is 33.5 Å². The minimum absolute atomic E-state index is 0.0643. The average Bonchev–Trinajstić information content (AvgIpc) is 3.47. The number of benzene rings is 1. The van der Waals surface area contributed by atoms with Crippen molar-refractivity contribution < 1.29 is 22.7 Å². The molecule has 2 atom stereocenters. The first-order valence-electron chi connectivity index (χ1n) is 13.0. The molecule has 13 heteroatoms. The van der Waals surface area contributed by atoms with Gasteiger partial charge in [0.05, 0.1) is 0 Å². The zero-order valence-electron chi connectivity index (χ0n) is 22.7. The molecule has 3 N–H and O–H groups in total. The van der Waals surface area contributed by atoms with Gasteiger partial charge in [-0.05, 0) is 75.4 Å². The van der Waals surface area contributed by atoms with Crippen LogP contribution in [0.15, 0.2) is 64.4 Å². The van der Waals surface area contributed by atoms with Gasteiger partial charge >= 0.3 is 5.97 Å². The predicted octanol–water partition coefficient (Wildman–Crippen LogP) is 3.04. The Morgan fingerprint density at radius 1 is 1.12 bits per heavy atom. The van der Waals surface area contributed by atoms with E-state index in [1.165, 1.54) is 6.07 Å². The van der Waals surface area contributed by atoms with Gasteiger partial charge in [-0.25, -0.2) is 18.4 Å². The number of rotatable bonds is 10. The van der Waals surface area contributed by atoms with Gasteiger partial charge in [0.15, 0.2) is 0 Å². The molecule has 1 saturated heterocycles. The van der Waals surface area contributed by atoms with E-state index >= 15 is 0 Å². The van der Waals surface area contributed by atoms with Crippen molar-refractivity contribution in [1.82, 2.24) is 20.0 Å². The summed E-state index contributed by atoms with van der Waals surface area (Å²) < 4.78 is 33.4. The van der Waals surface area contributed by atoms with Gasteiger partial charge in [0.2, 0.25) is 5.95 Å². The van der Waals surface area contributed by atoms with Crippen LogP contribution in [-0.2, 0) is 19.6 Å². The van der Waals surface area contributed by atoms with Crippen LogP contribution in [-0.4, -0.2) is 67.6 Å². The van der Waals surface area contributed by atoms with Gasteiger partial charge in [-0.2, -0.15) is 4.72 Å². The number of esters is 1. The van der Waals surface area contributed by atoms with E-state index in [0.717, 1.165) is 43.0 Å². The van der Waals surface area contributed by atoms with Crippen LogP contribution >= 0.6 is 11.3 Å². The van der Waals surface area contributed by atoms with Crippen molar-refractivity contribution in [3.8, 4) is 0 Å². The fraction of sp³-hybridized carbons (Fsp3) is 0.407. The van der Waals surface area contributed by atoms with Crippen LogP contribution in [0.1, 0.15) is 44.0 Å². The van der Waals surface area contributed by atoms with Crippen molar-refractivity contribution in [2.45, 2.75) is 55.5 Å². The van der Waals surface area contributed by atoms with E-state index in [1.807, 2.05) is 12.1 Å². The lowest BCUT2D eigenvalue weighted by molar-refractivity contribution is -0.156. The molecular formula is C27H34N6O5S2. The maximum atomic E-state index is 12.9. The van der Waals surface area contributed by atoms with Gasteiger partial charge < -0.3 is 20.3 Å². The van der Waals surface area contributed by atoms with Gasteiger partial charge in [-0.1, -0.05) is 6.07 Å². The quantitative estimate of drug-likeness (QED) is 0.306. The van der Waals surface area contributed by atoms with Crippen LogP contribution in [0.3, 0.4) is 0 Å². The van der Waals surface area contributed by atoms with Gasteiger partial charge in [-0.3, -0.25) is 9.59 Å². The van der Waals surface area contributed by atoms with Crippen LogP contribution in [0, 0.1) is 0 Å². The maximum Gasteiger partial charge on any atom is 0.326 e. The molecular weight excluding hydrogens is 552 g/mol. The SMILES string of the molecule is CC(C)(C)OC(=O)[C@H](CNC(=O)c1ccc(N2CCC[C@H](Nc3ncccn3)C2)cc1)NS(=O)(=O)c1cccs1. The summed E-state index contributed by atoms with van der Waals surface area (Å²) in [6.07, 6.45) is 5.41. The van der Waals surface area contributed by atoms with E-state index in [9.17, 15) is 18.0 Å². The number of carbonyl (C=O) groups excluding carboxylic acids is 2. The number of piperidine rings is 1. The summed E-state index contributed by atoms with van der Waals surface area (Å²) in [5.74, 6) is -0.615.